The highest BCUT2D eigenvalue weighted by atomic mass is 35.5. The number of fused-ring (bicyclic) bond motifs is 1. The fourth-order valence-electron chi connectivity index (χ4n) is 4.90. The van der Waals surface area contributed by atoms with E-state index in [1.807, 2.05) is 13.8 Å². The smallest absolute Gasteiger partial charge is 0.275 e. The van der Waals surface area contributed by atoms with Gasteiger partial charge in [-0.15, -0.1) is 0 Å². The van der Waals surface area contributed by atoms with Gasteiger partial charge in [0.15, 0.2) is 11.4 Å². The fraction of sp³-hybridized carbons (Fsp3) is 0.435. The molecule has 0 atom stereocenters. The van der Waals surface area contributed by atoms with Gasteiger partial charge in [-0.05, 0) is 32.8 Å². The molecule has 0 bridgehead atoms. The Hall–Kier alpha value is -2.91. The molecule has 2 aromatic rings. The van der Waals surface area contributed by atoms with E-state index < -0.39 is 34.3 Å². The van der Waals surface area contributed by atoms with Crippen LogP contribution in [0.25, 0.3) is 0 Å². The Morgan fingerprint density at radius 3 is 2.70 bits per heavy atom. The molecule has 0 radical (unpaired) electrons. The lowest BCUT2D eigenvalue weighted by molar-refractivity contribution is -0.101. The zero-order chi connectivity index (χ0) is 24.1. The first-order valence-corrected chi connectivity index (χ1v) is 11.0. The first kappa shape index (κ1) is 23.3. The van der Waals surface area contributed by atoms with Crippen LogP contribution >= 0.6 is 11.6 Å². The number of rotatable bonds is 5. The Kier molecular flexibility index (Phi) is 5.96. The minimum absolute atomic E-state index is 0.00365. The number of halogens is 2. The highest BCUT2D eigenvalue weighted by Gasteiger charge is 2.55. The second-order valence-electron chi connectivity index (χ2n) is 8.85. The molecule has 176 valence electrons. The monoisotopic (exact) mass is 477 g/mol. The van der Waals surface area contributed by atoms with Crippen molar-refractivity contribution in [2.24, 2.45) is 0 Å². The molecule has 2 aliphatic rings. The van der Waals surface area contributed by atoms with Gasteiger partial charge in [0.2, 0.25) is 5.43 Å². The van der Waals surface area contributed by atoms with Crippen molar-refractivity contribution in [1.29, 1.82) is 0 Å². The standard InChI is InChI=1S/C23H25ClFN3O5/c1-12(2)28-22(32)18-20(30)19(29)15(10-27(18)11-23(28)7-14(8-23)33-3)21(31)26-9-13-5-4-6-16(24)17(13)25/h4-6,10,12,14,30H,7-9,11H2,1-3H3,(H,26,31). The number of ether oxygens (including phenoxy) is 1. The highest BCUT2D eigenvalue weighted by Crippen LogP contribution is 2.45. The van der Waals surface area contributed by atoms with Crippen LogP contribution in [0.3, 0.4) is 0 Å². The van der Waals surface area contributed by atoms with Crippen LogP contribution in [0.4, 0.5) is 4.39 Å². The predicted octanol–water partition coefficient (Wildman–Crippen LogP) is 2.69. The number of nitrogens with zero attached hydrogens (tertiary/aromatic N) is 2. The van der Waals surface area contributed by atoms with Crippen molar-refractivity contribution in [2.45, 2.75) is 57.5 Å². The largest absolute Gasteiger partial charge is 0.503 e. The zero-order valence-corrected chi connectivity index (χ0v) is 19.3. The van der Waals surface area contributed by atoms with E-state index in [1.54, 1.807) is 18.1 Å². The Labute approximate surface area is 194 Å². The number of aromatic nitrogens is 1. The topological polar surface area (TPSA) is 101 Å². The summed E-state index contributed by atoms with van der Waals surface area (Å²) in [5.74, 6) is -2.69. The zero-order valence-electron chi connectivity index (χ0n) is 18.5. The third kappa shape index (κ3) is 3.79. The minimum atomic E-state index is -0.957. The summed E-state index contributed by atoms with van der Waals surface area (Å²) in [6.45, 7) is 3.86. The van der Waals surface area contributed by atoms with Gasteiger partial charge < -0.3 is 24.6 Å². The summed E-state index contributed by atoms with van der Waals surface area (Å²) in [6, 6.07) is 4.24. The number of carbonyl (C=O) groups excluding carboxylic acids is 2. The molecule has 1 spiro atoms. The van der Waals surface area contributed by atoms with Gasteiger partial charge in [0.25, 0.3) is 11.8 Å². The molecule has 1 fully saturated rings. The molecular weight excluding hydrogens is 453 g/mol. The van der Waals surface area contributed by atoms with Crippen molar-refractivity contribution >= 4 is 23.4 Å². The maximum absolute atomic E-state index is 14.1. The lowest BCUT2D eigenvalue weighted by Gasteiger charge is -2.57. The van der Waals surface area contributed by atoms with Crippen molar-refractivity contribution in [3.05, 3.63) is 62.3 Å². The third-order valence-corrected chi connectivity index (χ3v) is 6.73. The Morgan fingerprint density at radius 2 is 2.06 bits per heavy atom. The second-order valence-corrected chi connectivity index (χ2v) is 9.26. The van der Waals surface area contributed by atoms with E-state index in [0.29, 0.717) is 19.4 Å². The van der Waals surface area contributed by atoms with E-state index in [1.165, 1.54) is 22.9 Å². The fourth-order valence-corrected chi connectivity index (χ4v) is 5.10. The van der Waals surface area contributed by atoms with Crippen molar-refractivity contribution < 1.29 is 23.8 Å². The van der Waals surface area contributed by atoms with E-state index in [-0.39, 0.29) is 40.5 Å². The number of hydrogen-bond donors (Lipinski definition) is 2. The van der Waals surface area contributed by atoms with Gasteiger partial charge in [-0.1, -0.05) is 23.7 Å². The molecule has 2 N–H and O–H groups in total. The average molecular weight is 478 g/mol. The first-order chi connectivity index (χ1) is 15.6. The lowest BCUT2D eigenvalue weighted by atomic mass is 9.70. The van der Waals surface area contributed by atoms with Gasteiger partial charge >= 0.3 is 0 Å². The van der Waals surface area contributed by atoms with Crippen molar-refractivity contribution in [3.8, 4) is 5.75 Å². The van der Waals surface area contributed by atoms with Crippen LogP contribution in [-0.2, 0) is 17.8 Å². The van der Waals surface area contributed by atoms with Crippen LogP contribution in [0.15, 0.2) is 29.2 Å². The number of benzene rings is 1. The number of amides is 2. The molecule has 2 amide bonds. The number of methoxy groups -OCH3 is 1. The summed E-state index contributed by atoms with van der Waals surface area (Å²) in [4.78, 5) is 40.5. The van der Waals surface area contributed by atoms with Gasteiger partial charge in [-0.25, -0.2) is 4.39 Å². The minimum Gasteiger partial charge on any atom is -0.503 e. The molecule has 4 rings (SSSR count). The third-order valence-electron chi connectivity index (χ3n) is 6.43. The average Bonchev–Trinajstić information content (AvgIpc) is 2.74. The summed E-state index contributed by atoms with van der Waals surface area (Å²) >= 11 is 5.77. The molecule has 8 nitrogen and oxygen atoms in total. The molecule has 1 aromatic heterocycles. The Bertz CT molecular complexity index is 1190. The van der Waals surface area contributed by atoms with E-state index in [4.69, 9.17) is 16.3 Å². The van der Waals surface area contributed by atoms with Crippen molar-refractivity contribution in [2.75, 3.05) is 7.11 Å². The highest BCUT2D eigenvalue weighted by molar-refractivity contribution is 6.30. The van der Waals surface area contributed by atoms with Crippen LogP contribution in [0.1, 0.15) is 53.1 Å². The molecule has 1 aliphatic carbocycles. The second kappa shape index (κ2) is 8.46. The molecule has 1 aliphatic heterocycles. The molecular formula is C23H25ClFN3O5. The maximum Gasteiger partial charge on any atom is 0.275 e. The SMILES string of the molecule is COC1CC2(C1)Cn1cc(C(=O)NCc3cccc(Cl)c3F)c(=O)c(O)c1C(=O)N2C(C)C. The summed E-state index contributed by atoms with van der Waals surface area (Å²) in [6.07, 6.45) is 2.51. The van der Waals surface area contributed by atoms with Gasteiger partial charge in [0, 0.05) is 38.0 Å². The van der Waals surface area contributed by atoms with Crippen LogP contribution in [0, 0.1) is 5.82 Å². The number of pyridine rings is 1. The van der Waals surface area contributed by atoms with Gasteiger partial charge in [0.05, 0.1) is 16.7 Å². The van der Waals surface area contributed by atoms with E-state index in [2.05, 4.69) is 5.32 Å². The molecule has 0 unspecified atom stereocenters. The predicted molar refractivity (Wildman–Crippen MR) is 119 cm³/mol. The van der Waals surface area contributed by atoms with Crippen LogP contribution in [0.2, 0.25) is 5.02 Å². The lowest BCUT2D eigenvalue weighted by Crippen LogP contribution is -2.68. The van der Waals surface area contributed by atoms with Crippen LogP contribution in [0.5, 0.6) is 5.75 Å². The molecule has 2 heterocycles. The summed E-state index contributed by atoms with van der Waals surface area (Å²) in [5, 5.41) is 13.0. The normalized spacial score (nSPS) is 21.8. The summed E-state index contributed by atoms with van der Waals surface area (Å²) in [5.41, 5.74) is -1.81. The van der Waals surface area contributed by atoms with Gasteiger partial charge in [-0.3, -0.25) is 14.4 Å². The quantitative estimate of drug-likeness (QED) is 0.689. The molecule has 33 heavy (non-hydrogen) atoms. The van der Waals surface area contributed by atoms with Gasteiger partial charge in [-0.2, -0.15) is 0 Å². The van der Waals surface area contributed by atoms with Crippen LogP contribution < -0.4 is 10.7 Å². The molecule has 1 aromatic carbocycles. The molecule has 0 saturated heterocycles. The van der Waals surface area contributed by atoms with E-state index >= 15 is 0 Å². The maximum atomic E-state index is 14.1. The van der Waals surface area contributed by atoms with E-state index in [0.717, 1.165) is 0 Å². The first-order valence-electron chi connectivity index (χ1n) is 10.6. The van der Waals surface area contributed by atoms with E-state index in [9.17, 15) is 23.9 Å². The molecule has 1 saturated carbocycles. The van der Waals surface area contributed by atoms with Gasteiger partial charge in [0.1, 0.15) is 11.4 Å². The van der Waals surface area contributed by atoms with Crippen molar-refractivity contribution in [1.82, 2.24) is 14.8 Å². The number of hydrogen-bond acceptors (Lipinski definition) is 5. The van der Waals surface area contributed by atoms with Crippen LogP contribution in [-0.4, -0.2) is 51.2 Å². The number of nitrogens with one attached hydrogen (secondary N) is 1. The van der Waals surface area contributed by atoms with Crippen molar-refractivity contribution in [3.63, 3.8) is 0 Å². The summed E-state index contributed by atoms with van der Waals surface area (Å²) < 4.78 is 21.0. The summed E-state index contributed by atoms with van der Waals surface area (Å²) in [7, 11) is 1.61. The number of carbonyl (C=O) groups is 2. The Morgan fingerprint density at radius 1 is 1.36 bits per heavy atom. The molecule has 10 heteroatoms. The number of aromatic hydroxyl groups is 1. The Balaban J connectivity index is 1.67.